The molecule has 1 N–H and O–H groups in total. The van der Waals surface area contributed by atoms with E-state index in [1.165, 1.54) is 5.56 Å². The van der Waals surface area contributed by atoms with Crippen LogP contribution in [0.1, 0.15) is 60.6 Å². The Hall–Kier alpha value is -3.59. The normalized spacial score (nSPS) is 13.0. The second-order valence-corrected chi connectivity index (χ2v) is 11.2. The highest BCUT2D eigenvalue weighted by atomic mass is 16.5. The van der Waals surface area contributed by atoms with Crippen LogP contribution in [0.5, 0.6) is 5.75 Å². The molecule has 0 bridgehead atoms. The number of hydrogen-bond donors (Lipinski definition) is 1. The number of aliphatic hydroxyl groups excluding tert-OH is 1. The number of ether oxygens (including phenoxy) is 2. The van der Waals surface area contributed by atoms with E-state index in [0.717, 1.165) is 59.3 Å². The van der Waals surface area contributed by atoms with Gasteiger partial charge in [0.1, 0.15) is 11.3 Å². The smallest absolute Gasteiger partial charge is 0.314 e. The summed E-state index contributed by atoms with van der Waals surface area (Å²) in [5, 5.41) is 18.9. The zero-order valence-corrected chi connectivity index (χ0v) is 25.5. The third-order valence-electron chi connectivity index (χ3n) is 7.84. The van der Waals surface area contributed by atoms with Crippen LogP contribution in [0.25, 0.3) is 11.0 Å². The summed E-state index contributed by atoms with van der Waals surface area (Å²) >= 11 is 0. The number of likely N-dealkylation sites (N-methyl/N-ethyl adjacent to an activating group) is 1. The van der Waals surface area contributed by atoms with Crippen molar-refractivity contribution < 1.29 is 19.4 Å². The van der Waals surface area contributed by atoms with E-state index in [-0.39, 0.29) is 11.9 Å². The number of aliphatic hydroxyl groups is 1. The van der Waals surface area contributed by atoms with Crippen LogP contribution >= 0.6 is 0 Å². The van der Waals surface area contributed by atoms with Gasteiger partial charge in [0.25, 0.3) is 0 Å². The van der Waals surface area contributed by atoms with Crippen LogP contribution in [0.15, 0.2) is 60.7 Å². The summed E-state index contributed by atoms with van der Waals surface area (Å²) < 4.78 is 13.6. The summed E-state index contributed by atoms with van der Waals surface area (Å²) in [5.74, 6) is -0.0369. The summed E-state index contributed by atoms with van der Waals surface area (Å²) in [6.07, 6.45) is 1.59. The van der Waals surface area contributed by atoms with Crippen molar-refractivity contribution in [3.63, 3.8) is 0 Å². The Labute approximate surface area is 249 Å². The van der Waals surface area contributed by atoms with Crippen molar-refractivity contribution in [1.29, 1.82) is 0 Å². The third kappa shape index (κ3) is 8.25. The topological polar surface area (TPSA) is 89.7 Å². The first-order valence-electron chi connectivity index (χ1n) is 14.9. The van der Waals surface area contributed by atoms with Crippen LogP contribution < -0.4 is 4.74 Å². The lowest BCUT2D eigenvalue weighted by Crippen LogP contribution is -2.25. The molecule has 42 heavy (non-hydrogen) atoms. The van der Waals surface area contributed by atoms with Crippen molar-refractivity contribution in [2.24, 2.45) is 5.92 Å². The van der Waals surface area contributed by atoms with Crippen molar-refractivity contribution in [2.75, 3.05) is 26.7 Å². The first kappa shape index (κ1) is 31.3. The fraction of sp³-hybridized carbons (Fsp3) is 0.441. The maximum Gasteiger partial charge on any atom is 0.314 e. The summed E-state index contributed by atoms with van der Waals surface area (Å²) in [6.45, 7) is 11.5. The predicted octanol–water partition coefficient (Wildman–Crippen LogP) is 5.81. The number of esters is 1. The van der Waals surface area contributed by atoms with Gasteiger partial charge in [0, 0.05) is 18.7 Å². The van der Waals surface area contributed by atoms with E-state index in [1.807, 2.05) is 74.0 Å². The van der Waals surface area contributed by atoms with E-state index in [0.29, 0.717) is 31.8 Å². The Kier molecular flexibility index (Phi) is 11.2. The van der Waals surface area contributed by atoms with E-state index in [2.05, 4.69) is 34.4 Å². The number of aromatic nitrogens is 3. The van der Waals surface area contributed by atoms with Crippen LogP contribution in [-0.4, -0.2) is 57.7 Å². The highest BCUT2D eigenvalue weighted by Crippen LogP contribution is 2.28. The number of benzene rings is 3. The van der Waals surface area contributed by atoms with Crippen LogP contribution in [0.2, 0.25) is 0 Å². The molecular weight excluding hydrogens is 528 g/mol. The predicted molar refractivity (Wildman–Crippen MR) is 165 cm³/mol. The largest absolute Gasteiger partial charge is 0.426 e. The molecule has 1 heterocycles. The molecule has 0 aliphatic carbocycles. The zero-order valence-electron chi connectivity index (χ0n) is 25.5. The van der Waals surface area contributed by atoms with Crippen molar-refractivity contribution in [3.05, 3.63) is 88.5 Å². The van der Waals surface area contributed by atoms with Crippen molar-refractivity contribution in [1.82, 2.24) is 19.9 Å². The number of fused-ring (bicyclic) bond motifs is 1. The van der Waals surface area contributed by atoms with Crippen LogP contribution in [-0.2, 0) is 29.1 Å². The van der Waals surface area contributed by atoms with Gasteiger partial charge in [0.2, 0.25) is 0 Å². The van der Waals surface area contributed by atoms with E-state index in [4.69, 9.17) is 9.47 Å². The van der Waals surface area contributed by atoms with Crippen LogP contribution in [0.4, 0.5) is 0 Å². The molecule has 0 saturated heterocycles. The monoisotopic (exact) mass is 572 g/mol. The minimum absolute atomic E-state index is 0.262. The third-order valence-corrected chi connectivity index (χ3v) is 7.84. The number of carbonyl (C=O) groups is 1. The molecule has 0 aliphatic heterocycles. The molecule has 8 heteroatoms. The van der Waals surface area contributed by atoms with Gasteiger partial charge in [-0.05, 0) is 88.0 Å². The molecule has 2 atom stereocenters. The standard InChI is InChI=1S/C34H44N4O4/c1-6-29(21-28-14-13-24(2)30(22-28)26(4)39)34(40)42-32-16-15-31-33(25(32)3)35-36-38(31)18-10-17-37(5)19-20-41-23-27-11-8-7-9-12-27/h7-9,11-16,22,26,29,39H,6,10,17-21,23H2,1-5H3/t26-,29?/m0/s1. The molecule has 1 unspecified atom stereocenters. The molecule has 0 spiro atoms. The molecule has 1 aromatic heterocycles. The molecule has 0 radical (unpaired) electrons. The Balaban J connectivity index is 1.29. The molecule has 0 amide bonds. The molecule has 4 aromatic rings. The Morgan fingerprint density at radius 3 is 2.57 bits per heavy atom. The van der Waals surface area contributed by atoms with Gasteiger partial charge < -0.3 is 19.5 Å². The van der Waals surface area contributed by atoms with Gasteiger partial charge in [-0.1, -0.05) is 60.7 Å². The highest BCUT2D eigenvalue weighted by molar-refractivity contribution is 5.83. The number of aryl methyl sites for hydroxylation is 3. The average molecular weight is 573 g/mol. The summed E-state index contributed by atoms with van der Waals surface area (Å²) in [4.78, 5) is 15.4. The fourth-order valence-corrected chi connectivity index (χ4v) is 5.15. The van der Waals surface area contributed by atoms with E-state index in [1.54, 1.807) is 6.92 Å². The van der Waals surface area contributed by atoms with Crippen molar-refractivity contribution in [2.45, 2.75) is 66.2 Å². The average Bonchev–Trinajstić information content (AvgIpc) is 3.40. The molecule has 3 aromatic carbocycles. The Morgan fingerprint density at radius 1 is 1.05 bits per heavy atom. The van der Waals surface area contributed by atoms with Crippen LogP contribution in [0, 0.1) is 19.8 Å². The SMILES string of the molecule is CCC(Cc1ccc(C)c([C@H](C)O)c1)C(=O)Oc1ccc2c(nnn2CCCN(C)CCOCc2ccccc2)c1C. The molecule has 0 fully saturated rings. The number of rotatable bonds is 15. The van der Waals surface area contributed by atoms with Gasteiger partial charge in [-0.2, -0.15) is 0 Å². The summed E-state index contributed by atoms with van der Waals surface area (Å²) in [7, 11) is 2.10. The lowest BCUT2D eigenvalue weighted by Gasteiger charge is -2.17. The quantitative estimate of drug-likeness (QED) is 0.109. The summed E-state index contributed by atoms with van der Waals surface area (Å²) in [5.41, 5.74) is 6.61. The molecule has 224 valence electrons. The minimum atomic E-state index is -0.551. The maximum absolute atomic E-state index is 13.2. The van der Waals surface area contributed by atoms with E-state index >= 15 is 0 Å². The first-order valence-corrected chi connectivity index (χ1v) is 14.9. The zero-order chi connectivity index (χ0) is 30.1. The lowest BCUT2D eigenvalue weighted by atomic mass is 9.93. The number of nitrogens with zero attached hydrogens (tertiary/aromatic N) is 4. The van der Waals surface area contributed by atoms with E-state index in [9.17, 15) is 9.90 Å². The van der Waals surface area contributed by atoms with Gasteiger partial charge in [-0.15, -0.1) is 5.10 Å². The lowest BCUT2D eigenvalue weighted by molar-refractivity contribution is -0.139. The Bertz CT molecular complexity index is 1450. The molecule has 4 rings (SSSR count). The molecule has 0 saturated carbocycles. The molecule has 0 aliphatic rings. The molecular formula is C34H44N4O4. The van der Waals surface area contributed by atoms with Gasteiger partial charge in [0.15, 0.2) is 0 Å². The highest BCUT2D eigenvalue weighted by Gasteiger charge is 2.22. The summed E-state index contributed by atoms with van der Waals surface area (Å²) in [6, 6.07) is 20.0. The maximum atomic E-state index is 13.2. The van der Waals surface area contributed by atoms with Crippen LogP contribution in [0.3, 0.4) is 0 Å². The second-order valence-electron chi connectivity index (χ2n) is 11.2. The Morgan fingerprint density at radius 2 is 1.83 bits per heavy atom. The number of hydrogen-bond acceptors (Lipinski definition) is 7. The van der Waals surface area contributed by atoms with E-state index < -0.39 is 6.10 Å². The van der Waals surface area contributed by atoms with Gasteiger partial charge in [0.05, 0.1) is 30.8 Å². The first-order chi connectivity index (χ1) is 20.3. The minimum Gasteiger partial charge on any atom is -0.426 e. The second kappa shape index (κ2) is 15.0. The van der Waals surface area contributed by atoms with Crippen molar-refractivity contribution >= 4 is 17.0 Å². The van der Waals surface area contributed by atoms with Gasteiger partial charge in [-0.3, -0.25) is 4.79 Å². The van der Waals surface area contributed by atoms with Crippen molar-refractivity contribution in [3.8, 4) is 5.75 Å². The molecule has 8 nitrogen and oxygen atoms in total. The fourth-order valence-electron chi connectivity index (χ4n) is 5.15. The van der Waals surface area contributed by atoms with Gasteiger partial charge in [-0.25, -0.2) is 4.68 Å². The van der Waals surface area contributed by atoms with Gasteiger partial charge >= 0.3 is 5.97 Å². The number of carbonyl (C=O) groups excluding carboxylic acids is 1.